The van der Waals surface area contributed by atoms with Crippen molar-refractivity contribution in [3.8, 4) is 0 Å². The molecule has 98 valence electrons. The summed E-state index contributed by atoms with van der Waals surface area (Å²) in [5.74, 6) is 0. The summed E-state index contributed by atoms with van der Waals surface area (Å²) in [5, 5.41) is 2.93. The average Bonchev–Trinajstić information content (AvgIpc) is 2.83. The van der Waals surface area contributed by atoms with Crippen LogP contribution in [0, 0.1) is 0 Å². The second kappa shape index (κ2) is 5.35. The van der Waals surface area contributed by atoms with Gasteiger partial charge in [-0.3, -0.25) is 9.56 Å². The first kappa shape index (κ1) is 12.8. The van der Waals surface area contributed by atoms with Gasteiger partial charge in [-0.15, -0.1) is 0 Å². The Morgan fingerprint density at radius 2 is 2.39 bits per heavy atom. The quantitative estimate of drug-likeness (QED) is 0.830. The summed E-state index contributed by atoms with van der Waals surface area (Å²) in [4.78, 5) is 16.6. The lowest BCUT2D eigenvalue weighted by Crippen LogP contribution is -2.49. The normalized spacial score (nSPS) is 23.7. The molecule has 0 spiro atoms. The first-order valence-corrected chi connectivity index (χ1v) is 6.17. The van der Waals surface area contributed by atoms with Gasteiger partial charge in [-0.05, 0) is 25.5 Å². The number of aromatic nitrogens is 1. The van der Waals surface area contributed by atoms with Gasteiger partial charge in [0.1, 0.15) is 6.04 Å². The Hall–Kier alpha value is -1.62. The molecule has 0 saturated heterocycles. The molecule has 1 amide bonds. The maximum absolute atomic E-state index is 11.9. The molecule has 0 aromatic carbocycles. The van der Waals surface area contributed by atoms with Gasteiger partial charge in [-0.25, -0.2) is 4.79 Å². The molecule has 2 atom stereocenters. The van der Waals surface area contributed by atoms with E-state index in [1.54, 1.807) is 17.9 Å². The monoisotopic (exact) mass is 249 g/mol. The number of carbonyl (C=O) groups excluding carboxylic acids is 1. The molecule has 5 heteroatoms. The number of nitrogens with zero attached hydrogens (tertiary/aromatic N) is 2. The third kappa shape index (κ3) is 2.31. The molecule has 1 aliphatic rings. The first-order chi connectivity index (χ1) is 8.67. The van der Waals surface area contributed by atoms with Crippen LogP contribution in [0.4, 0.5) is 4.79 Å². The second-order valence-corrected chi connectivity index (χ2v) is 4.48. The van der Waals surface area contributed by atoms with Gasteiger partial charge >= 0.3 is 6.03 Å². The molecule has 5 nitrogen and oxygen atoms in total. The molecular weight excluding hydrogens is 230 g/mol. The molecule has 1 aromatic rings. The molecule has 1 N–H and O–H groups in total. The highest BCUT2D eigenvalue weighted by Crippen LogP contribution is 2.26. The van der Waals surface area contributed by atoms with Gasteiger partial charge < -0.3 is 10.1 Å². The molecule has 0 radical (unpaired) electrons. The fraction of sp³-hybridized carbons (Fsp3) is 0.538. The van der Waals surface area contributed by atoms with Gasteiger partial charge in [-0.2, -0.15) is 0 Å². The average molecular weight is 249 g/mol. The Bertz CT molecular complexity index is 465. The molecule has 2 unspecified atom stereocenters. The van der Waals surface area contributed by atoms with Crippen molar-refractivity contribution in [2.24, 2.45) is 4.99 Å². The van der Waals surface area contributed by atoms with E-state index >= 15 is 0 Å². The Balaban J connectivity index is 2.38. The molecular formula is C13H19N3O2. The summed E-state index contributed by atoms with van der Waals surface area (Å²) >= 11 is 0. The summed E-state index contributed by atoms with van der Waals surface area (Å²) in [6.07, 6.45) is 2.67. The van der Waals surface area contributed by atoms with Crippen molar-refractivity contribution in [1.29, 1.82) is 0 Å². The lowest BCUT2D eigenvalue weighted by Gasteiger charge is -2.31. The van der Waals surface area contributed by atoms with Crippen molar-refractivity contribution in [3.05, 3.63) is 24.0 Å². The molecule has 2 rings (SSSR count). The molecule has 2 heterocycles. The number of ether oxygens (including phenoxy) is 1. The Morgan fingerprint density at radius 3 is 3.06 bits per heavy atom. The number of fused-ring (bicyclic) bond motifs is 1. The maximum Gasteiger partial charge on any atom is 0.326 e. The number of hydrogen-bond acceptors (Lipinski definition) is 3. The zero-order valence-electron chi connectivity index (χ0n) is 11.0. The van der Waals surface area contributed by atoms with Crippen LogP contribution in [0.2, 0.25) is 0 Å². The van der Waals surface area contributed by atoms with Crippen LogP contribution in [-0.2, 0) is 4.74 Å². The van der Waals surface area contributed by atoms with Crippen LogP contribution in [0.15, 0.2) is 23.3 Å². The van der Waals surface area contributed by atoms with Gasteiger partial charge in [0.2, 0.25) is 0 Å². The van der Waals surface area contributed by atoms with E-state index in [-0.39, 0.29) is 18.1 Å². The van der Waals surface area contributed by atoms with Crippen molar-refractivity contribution in [3.63, 3.8) is 0 Å². The van der Waals surface area contributed by atoms with Crippen LogP contribution in [0.3, 0.4) is 0 Å². The summed E-state index contributed by atoms with van der Waals surface area (Å²) < 4.78 is 6.79. The number of nitrogens with one attached hydrogen (secondary N) is 1. The van der Waals surface area contributed by atoms with Crippen LogP contribution in [0.1, 0.15) is 32.0 Å². The number of hydrogen-bond donors (Lipinski definition) is 1. The van der Waals surface area contributed by atoms with Crippen molar-refractivity contribution < 1.29 is 9.53 Å². The molecule has 0 bridgehead atoms. The number of amides is 1. The summed E-state index contributed by atoms with van der Waals surface area (Å²) in [6.45, 7) is 4.54. The predicted octanol–water partition coefficient (Wildman–Crippen LogP) is 1.99. The topological polar surface area (TPSA) is 55.6 Å². The largest absolute Gasteiger partial charge is 0.382 e. The Labute approximate surface area is 107 Å². The predicted molar refractivity (Wildman–Crippen MR) is 70.2 cm³/mol. The van der Waals surface area contributed by atoms with E-state index in [0.717, 1.165) is 17.8 Å². The van der Waals surface area contributed by atoms with Crippen molar-refractivity contribution in [2.45, 2.75) is 32.4 Å². The zero-order chi connectivity index (χ0) is 13.1. The molecule has 18 heavy (non-hydrogen) atoms. The number of carbonyl (C=O) groups is 1. The van der Waals surface area contributed by atoms with Crippen LogP contribution < -0.4 is 5.32 Å². The van der Waals surface area contributed by atoms with E-state index in [4.69, 9.17) is 9.73 Å². The lowest BCUT2D eigenvalue weighted by atomic mass is 10.0. The van der Waals surface area contributed by atoms with Crippen molar-refractivity contribution in [2.75, 3.05) is 13.7 Å². The molecule has 1 aromatic heterocycles. The van der Waals surface area contributed by atoms with Crippen LogP contribution in [0.25, 0.3) is 0 Å². The summed E-state index contributed by atoms with van der Waals surface area (Å²) in [6, 6.07) is 3.52. The standard InChI is InChI=1S/C13H19N3O2/c1-4-9(2)14-12-10(8-18-3)15-13(17)16-7-5-6-11(12)16/h5-7,10,12H,4,8H2,1-3H3,(H,15,17). The van der Waals surface area contributed by atoms with Gasteiger partial charge in [-0.1, -0.05) is 6.92 Å². The van der Waals surface area contributed by atoms with Crippen LogP contribution in [-0.4, -0.2) is 36.1 Å². The second-order valence-electron chi connectivity index (χ2n) is 4.48. The Morgan fingerprint density at radius 1 is 1.61 bits per heavy atom. The molecule has 1 aliphatic heterocycles. The third-order valence-corrected chi connectivity index (χ3v) is 3.21. The first-order valence-electron chi connectivity index (χ1n) is 6.17. The fourth-order valence-electron chi connectivity index (χ4n) is 2.13. The van der Waals surface area contributed by atoms with E-state index in [2.05, 4.69) is 12.2 Å². The smallest absolute Gasteiger partial charge is 0.326 e. The fourth-order valence-corrected chi connectivity index (χ4v) is 2.13. The van der Waals surface area contributed by atoms with Gasteiger partial charge in [0, 0.05) is 19.0 Å². The SMILES string of the molecule is CCC(C)=NC1c2cccn2C(=O)NC1COC. The minimum absolute atomic E-state index is 0.0717. The minimum Gasteiger partial charge on any atom is -0.382 e. The zero-order valence-corrected chi connectivity index (χ0v) is 11.0. The maximum atomic E-state index is 11.9. The minimum atomic E-state index is -0.113. The van der Waals surface area contributed by atoms with E-state index in [9.17, 15) is 4.79 Å². The van der Waals surface area contributed by atoms with Crippen LogP contribution >= 0.6 is 0 Å². The Kier molecular flexibility index (Phi) is 3.81. The molecule has 0 fully saturated rings. The van der Waals surface area contributed by atoms with Gasteiger partial charge in [0.05, 0.1) is 18.3 Å². The van der Waals surface area contributed by atoms with Gasteiger partial charge in [0.15, 0.2) is 0 Å². The van der Waals surface area contributed by atoms with Crippen molar-refractivity contribution in [1.82, 2.24) is 9.88 Å². The summed E-state index contributed by atoms with van der Waals surface area (Å²) in [7, 11) is 1.63. The van der Waals surface area contributed by atoms with E-state index < -0.39 is 0 Å². The van der Waals surface area contributed by atoms with Crippen LogP contribution in [0.5, 0.6) is 0 Å². The highest BCUT2D eigenvalue weighted by molar-refractivity contribution is 5.83. The van der Waals surface area contributed by atoms with E-state index in [1.807, 2.05) is 19.1 Å². The highest BCUT2D eigenvalue weighted by atomic mass is 16.5. The number of aliphatic imine (C=N–C) groups is 1. The highest BCUT2D eigenvalue weighted by Gasteiger charge is 2.32. The lowest BCUT2D eigenvalue weighted by molar-refractivity contribution is 0.149. The third-order valence-electron chi connectivity index (χ3n) is 3.21. The number of methoxy groups -OCH3 is 1. The summed E-state index contributed by atoms with van der Waals surface area (Å²) in [5.41, 5.74) is 2.00. The van der Waals surface area contributed by atoms with E-state index in [0.29, 0.717) is 6.61 Å². The molecule has 0 saturated carbocycles. The molecule has 0 aliphatic carbocycles. The van der Waals surface area contributed by atoms with Gasteiger partial charge in [0.25, 0.3) is 0 Å². The van der Waals surface area contributed by atoms with E-state index in [1.165, 1.54) is 0 Å². The number of rotatable bonds is 4. The van der Waals surface area contributed by atoms with Crippen molar-refractivity contribution >= 4 is 11.7 Å².